The van der Waals surface area contributed by atoms with E-state index in [9.17, 15) is 24.1 Å². The van der Waals surface area contributed by atoms with Gasteiger partial charge in [0.15, 0.2) is 6.10 Å². The van der Waals surface area contributed by atoms with E-state index in [-0.39, 0.29) is 22.0 Å². The van der Waals surface area contributed by atoms with Crippen molar-refractivity contribution in [1.29, 1.82) is 0 Å². The number of imide groups is 1. The SMILES string of the molecule is O=C1[C@@H]2[C@H](ON(c3ccccc3)[C@H]2c2cc([N+](=O)[O-])ccc2Cl)C(=O)N1c1ccc(F)cc1. The minimum Gasteiger partial charge on any atom is -0.273 e. The largest absolute Gasteiger partial charge is 0.273 e. The second-order valence-corrected chi connectivity index (χ2v) is 8.02. The number of hydroxylamine groups is 1. The first kappa shape index (κ1) is 21.0. The number of halogens is 2. The second-order valence-electron chi connectivity index (χ2n) is 7.61. The molecule has 2 aliphatic heterocycles. The van der Waals surface area contributed by atoms with Crippen LogP contribution in [0.1, 0.15) is 11.6 Å². The van der Waals surface area contributed by atoms with Crippen LogP contribution in [0, 0.1) is 21.8 Å². The van der Waals surface area contributed by atoms with Crippen LogP contribution in [0.3, 0.4) is 0 Å². The Bertz CT molecular complexity index is 1270. The molecular weight excluding hydrogens is 453 g/mol. The number of carbonyl (C=O) groups is 2. The molecule has 8 nitrogen and oxygen atoms in total. The Kier molecular flexibility index (Phi) is 5.07. The Morgan fingerprint density at radius 2 is 1.64 bits per heavy atom. The molecule has 10 heteroatoms. The van der Waals surface area contributed by atoms with Gasteiger partial charge in [0.1, 0.15) is 11.7 Å². The molecule has 2 heterocycles. The second kappa shape index (κ2) is 7.95. The number of rotatable bonds is 4. The van der Waals surface area contributed by atoms with E-state index >= 15 is 0 Å². The van der Waals surface area contributed by atoms with Gasteiger partial charge < -0.3 is 0 Å². The van der Waals surface area contributed by atoms with Gasteiger partial charge in [-0.3, -0.25) is 24.5 Å². The fourth-order valence-corrected chi connectivity index (χ4v) is 4.47. The van der Waals surface area contributed by atoms with Crippen LogP contribution >= 0.6 is 11.6 Å². The molecule has 33 heavy (non-hydrogen) atoms. The van der Waals surface area contributed by atoms with E-state index < -0.39 is 40.6 Å². The number of benzene rings is 3. The molecule has 2 saturated heterocycles. The van der Waals surface area contributed by atoms with Crippen molar-refractivity contribution >= 4 is 40.5 Å². The maximum atomic E-state index is 13.5. The predicted octanol–water partition coefficient (Wildman–Crippen LogP) is 4.44. The highest BCUT2D eigenvalue weighted by molar-refractivity contribution is 6.31. The number of anilines is 2. The molecular formula is C23H15ClFN3O5. The Morgan fingerprint density at radius 1 is 0.939 bits per heavy atom. The summed E-state index contributed by atoms with van der Waals surface area (Å²) < 4.78 is 13.4. The lowest BCUT2D eigenvalue weighted by atomic mass is 9.90. The van der Waals surface area contributed by atoms with Gasteiger partial charge in [0.2, 0.25) is 5.91 Å². The minimum atomic E-state index is -1.18. The average Bonchev–Trinajstić information content (AvgIpc) is 3.31. The third-order valence-electron chi connectivity index (χ3n) is 5.72. The smallest absolute Gasteiger partial charge is 0.269 e. The van der Waals surface area contributed by atoms with Gasteiger partial charge in [0, 0.05) is 22.7 Å². The van der Waals surface area contributed by atoms with Crippen molar-refractivity contribution in [3.8, 4) is 0 Å². The number of nitro groups is 1. The zero-order valence-electron chi connectivity index (χ0n) is 16.8. The molecule has 2 fully saturated rings. The van der Waals surface area contributed by atoms with Crippen molar-refractivity contribution in [3.05, 3.63) is 99.3 Å². The fraction of sp³-hybridized carbons (Fsp3) is 0.130. The number of hydrogen-bond acceptors (Lipinski definition) is 6. The summed E-state index contributed by atoms with van der Waals surface area (Å²) >= 11 is 6.42. The van der Waals surface area contributed by atoms with Gasteiger partial charge in [-0.25, -0.2) is 14.4 Å². The third kappa shape index (κ3) is 3.42. The zero-order chi connectivity index (χ0) is 23.3. The van der Waals surface area contributed by atoms with Crippen molar-refractivity contribution in [2.45, 2.75) is 12.1 Å². The highest BCUT2D eigenvalue weighted by atomic mass is 35.5. The fourth-order valence-electron chi connectivity index (χ4n) is 4.25. The van der Waals surface area contributed by atoms with E-state index in [0.717, 1.165) is 17.0 Å². The van der Waals surface area contributed by atoms with E-state index in [1.54, 1.807) is 30.3 Å². The summed E-state index contributed by atoms with van der Waals surface area (Å²) in [6.45, 7) is 0. The maximum absolute atomic E-state index is 13.5. The summed E-state index contributed by atoms with van der Waals surface area (Å²) in [5.41, 5.74) is 0.829. The lowest BCUT2D eigenvalue weighted by Crippen LogP contribution is -2.37. The van der Waals surface area contributed by atoms with Crippen LogP contribution in [0.2, 0.25) is 5.02 Å². The molecule has 3 atom stereocenters. The van der Waals surface area contributed by atoms with Crippen LogP contribution in [0.25, 0.3) is 0 Å². The van der Waals surface area contributed by atoms with Gasteiger partial charge in [-0.1, -0.05) is 29.8 Å². The Balaban J connectivity index is 1.63. The third-order valence-corrected chi connectivity index (χ3v) is 6.06. The highest BCUT2D eigenvalue weighted by Crippen LogP contribution is 2.49. The molecule has 0 saturated carbocycles. The summed E-state index contributed by atoms with van der Waals surface area (Å²) in [6, 6.07) is 16.7. The van der Waals surface area contributed by atoms with Crippen molar-refractivity contribution in [2.75, 3.05) is 9.96 Å². The Hall–Kier alpha value is -3.82. The topological polar surface area (TPSA) is 93.0 Å². The van der Waals surface area contributed by atoms with Gasteiger partial charge in [-0.2, -0.15) is 0 Å². The normalized spacial score (nSPS) is 22.1. The molecule has 0 unspecified atom stereocenters. The molecule has 5 rings (SSSR count). The number of hydrogen-bond donors (Lipinski definition) is 0. The van der Waals surface area contributed by atoms with Crippen molar-refractivity contribution in [1.82, 2.24) is 0 Å². The van der Waals surface area contributed by atoms with E-state index in [0.29, 0.717) is 5.69 Å². The number of non-ortho nitro benzene ring substituents is 1. The number of para-hydroxylation sites is 1. The summed E-state index contributed by atoms with van der Waals surface area (Å²) in [4.78, 5) is 44.5. The van der Waals surface area contributed by atoms with Crippen LogP contribution in [-0.4, -0.2) is 22.8 Å². The monoisotopic (exact) mass is 467 g/mol. The number of fused-ring (bicyclic) bond motifs is 1. The Labute approximate surface area is 191 Å². The van der Waals surface area contributed by atoms with Crippen LogP contribution in [0.15, 0.2) is 72.8 Å². The standard InChI is InChI=1S/C23H15ClFN3O5/c24-18-11-10-16(28(31)32)12-17(18)20-19-21(33-27(20)15-4-2-1-3-5-15)23(30)26(22(19)29)14-8-6-13(25)7-9-14/h1-12,19-21H/t19-,20-,21-/m0/s1. The van der Waals surface area contributed by atoms with E-state index in [1.807, 2.05) is 0 Å². The van der Waals surface area contributed by atoms with E-state index in [4.69, 9.17) is 16.4 Å². The highest BCUT2D eigenvalue weighted by Gasteiger charge is 2.60. The summed E-state index contributed by atoms with van der Waals surface area (Å²) in [7, 11) is 0. The number of carbonyl (C=O) groups excluding carboxylic acids is 2. The lowest BCUT2D eigenvalue weighted by Gasteiger charge is -2.29. The van der Waals surface area contributed by atoms with Crippen molar-refractivity contribution < 1.29 is 23.7 Å². The van der Waals surface area contributed by atoms with Gasteiger partial charge in [0.05, 0.1) is 22.3 Å². The van der Waals surface area contributed by atoms with Crippen molar-refractivity contribution in [2.24, 2.45) is 5.92 Å². The first-order chi connectivity index (χ1) is 15.9. The zero-order valence-corrected chi connectivity index (χ0v) is 17.6. The summed E-state index contributed by atoms with van der Waals surface area (Å²) in [5, 5.41) is 13.0. The van der Waals surface area contributed by atoms with Crippen LogP contribution in [0.5, 0.6) is 0 Å². The number of amides is 2. The lowest BCUT2D eigenvalue weighted by molar-refractivity contribution is -0.384. The molecule has 0 N–H and O–H groups in total. The summed E-state index contributed by atoms with van der Waals surface area (Å²) in [6.07, 6.45) is -1.18. The van der Waals surface area contributed by atoms with Crippen LogP contribution in [-0.2, 0) is 14.4 Å². The molecule has 0 spiro atoms. The van der Waals surface area contributed by atoms with Gasteiger partial charge in [-0.15, -0.1) is 0 Å². The molecule has 2 amide bonds. The molecule has 166 valence electrons. The molecule has 3 aromatic rings. The quantitative estimate of drug-likeness (QED) is 0.320. The first-order valence-electron chi connectivity index (χ1n) is 9.95. The molecule has 0 radical (unpaired) electrons. The summed E-state index contributed by atoms with van der Waals surface area (Å²) in [5.74, 6) is -2.71. The van der Waals surface area contributed by atoms with E-state index in [1.165, 1.54) is 35.4 Å². The van der Waals surface area contributed by atoms with Crippen LogP contribution < -0.4 is 9.96 Å². The number of nitro benzene ring substituents is 1. The Morgan fingerprint density at radius 3 is 2.30 bits per heavy atom. The first-order valence-corrected chi connectivity index (χ1v) is 10.3. The van der Waals surface area contributed by atoms with Gasteiger partial charge >= 0.3 is 0 Å². The maximum Gasteiger partial charge on any atom is 0.269 e. The predicted molar refractivity (Wildman–Crippen MR) is 117 cm³/mol. The molecule has 0 aliphatic carbocycles. The molecule has 2 aliphatic rings. The molecule has 0 aromatic heterocycles. The van der Waals surface area contributed by atoms with Gasteiger partial charge in [0.25, 0.3) is 11.6 Å². The van der Waals surface area contributed by atoms with Crippen LogP contribution in [0.4, 0.5) is 21.5 Å². The molecule has 3 aromatic carbocycles. The van der Waals surface area contributed by atoms with Crippen molar-refractivity contribution in [3.63, 3.8) is 0 Å². The van der Waals surface area contributed by atoms with Gasteiger partial charge in [-0.05, 0) is 42.5 Å². The molecule has 0 bridgehead atoms. The average molecular weight is 468 g/mol. The minimum absolute atomic E-state index is 0.191. The number of nitrogens with zero attached hydrogens (tertiary/aromatic N) is 3. The van der Waals surface area contributed by atoms with E-state index in [2.05, 4.69) is 0 Å².